The van der Waals surface area contributed by atoms with Crippen LogP contribution in [0.3, 0.4) is 0 Å². The maximum absolute atomic E-state index is 13.2. The minimum absolute atomic E-state index is 0.0234. The normalized spacial score (nSPS) is 17.5. The molecule has 0 radical (unpaired) electrons. The first-order chi connectivity index (χ1) is 19.0. The summed E-state index contributed by atoms with van der Waals surface area (Å²) in [6.07, 6.45) is 1.94. The van der Waals surface area contributed by atoms with Gasteiger partial charge in [-0.25, -0.2) is 9.97 Å². The molecule has 206 valence electrons. The van der Waals surface area contributed by atoms with Crippen molar-refractivity contribution in [2.75, 3.05) is 65.0 Å². The van der Waals surface area contributed by atoms with Crippen molar-refractivity contribution in [3.63, 3.8) is 0 Å². The lowest BCUT2D eigenvalue weighted by molar-refractivity contribution is -0.133. The number of aromatic nitrogens is 2. The van der Waals surface area contributed by atoms with Crippen LogP contribution in [0.2, 0.25) is 5.02 Å². The van der Waals surface area contributed by atoms with Crippen molar-refractivity contribution >= 4 is 45.7 Å². The molecule has 11 heteroatoms. The zero-order chi connectivity index (χ0) is 27.2. The van der Waals surface area contributed by atoms with Gasteiger partial charge in [0, 0.05) is 67.6 Å². The first-order valence-corrected chi connectivity index (χ1v) is 13.5. The van der Waals surface area contributed by atoms with E-state index in [-0.39, 0.29) is 37.6 Å². The molecule has 39 heavy (non-hydrogen) atoms. The number of benzene rings is 2. The van der Waals surface area contributed by atoms with Gasteiger partial charge >= 0.3 is 0 Å². The average molecular weight is 554 g/mol. The fraction of sp³-hybridized carbons (Fsp3) is 0.429. The molecule has 1 fully saturated rings. The minimum atomic E-state index is -0.0667. The average Bonchev–Trinajstić information content (AvgIpc) is 2.95. The predicted octanol–water partition coefficient (Wildman–Crippen LogP) is 3.48. The third-order valence-electron chi connectivity index (χ3n) is 7.01. The summed E-state index contributed by atoms with van der Waals surface area (Å²) >= 11 is 6.30. The van der Waals surface area contributed by atoms with E-state index in [0.717, 1.165) is 30.6 Å². The number of hydrogen-bond donors (Lipinski definition) is 1. The first-order valence-electron chi connectivity index (χ1n) is 13.1. The quantitative estimate of drug-likeness (QED) is 0.519. The number of methoxy groups -OCH3 is 1. The van der Waals surface area contributed by atoms with E-state index in [4.69, 9.17) is 25.8 Å². The number of halogens is 1. The van der Waals surface area contributed by atoms with Gasteiger partial charge in [-0.05, 0) is 23.8 Å². The Morgan fingerprint density at radius 3 is 2.69 bits per heavy atom. The van der Waals surface area contributed by atoms with Gasteiger partial charge < -0.3 is 24.4 Å². The summed E-state index contributed by atoms with van der Waals surface area (Å²) in [6, 6.07) is 8.97. The number of ether oxygens (including phenoxy) is 3. The Morgan fingerprint density at radius 1 is 1.03 bits per heavy atom. The van der Waals surface area contributed by atoms with Crippen LogP contribution in [0.15, 0.2) is 36.7 Å². The van der Waals surface area contributed by atoms with E-state index in [1.165, 1.54) is 6.33 Å². The molecule has 1 N–H and O–H groups in total. The highest BCUT2D eigenvalue weighted by Crippen LogP contribution is 2.35. The molecule has 2 aliphatic rings. The smallest absolute Gasteiger partial charge is 0.223 e. The number of rotatable bonds is 4. The summed E-state index contributed by atoms with van der Waals surface area (Å²) in [7, 11) is 1.58. The Morgan fingerprint density at radius 2 is 1.87 bits per heavy atom. The zero-order valence-corrected chi connectivity index (χ0v) is 22.7. The van der Waals surface area contributed by atoms with Crippen molar-refractivity contribution in [1.82, 2.24) is 19.8 Å². The predicted molar refractivity (Wildman–Crippen MR) is 148 cm³/mol. The number of anilines is 2. The molecular formula is C28H32ClN5O5. The first kappa shape index (κ1) is 27.1. The number of nitrogens with one attached hydrogen (secondary N) is 1. The number of nitrogens with zero attached hydrogens (tertiary/aromatic N) is 4. The standard InChI is InChI=1S/C28H32ClN5O5/c1-37-25-17-24-22-16-26(25)39-13-10-34(7-6-33-8-11-38-12-9-33)27(36)5-4-21(35)14-19-2-3-20(29)15-23(19)32-28(22)31-18-30-24/h2-3,15-18H,4-14H2,1H3,(H,30,31,32). The van der Waals surface area contributed by atoms with Gasteiger partial charge in [-0.3, -0.25) is 14.5 Å². The highest BCUT2D eigenvalue weighted by Gasteiger charge is 2.20. The fourth-order valence-corrected chi connectivity index (χ4v) is 4.97. The Bertz CT molecular complexity index is 1350. The molecule has 10 nitrogen and oxygen atoms in total. The van der Waals surface area contributed by atoms with Gasteiger partial charge in [0.2, 0.25) is 5.91 Å². The van der Waals surface area contributed by atoms with Crippen LogP contribution in [-0.2, 0) is 20.7 Å². The molecule has 0 atom stereocenters. The van der Waals surface area contributed by atoms with Gasteiger partial charge in [0.25, 0.3) is 0 Å². The van der Waals surface area contributed by atoms with Crippen molar-refractivity contribution in [2.24, 2.45) is 0 Å². The SMILES string of the molecule is COc1cc2ncnc3c2cc1OCCN(CCN1CCOCC1)C(=O)CCC(=O)Cc1ccc(Cl)cc1N3. The number of morpholine rings is 1. The molecule has 3 aromatic rings. The zero-order valence-electron chi connectivity index (χ0n) is 22.0. The van der Waals surface area contributed by atoms with E-state index in [0.29, 0.717) is 59.8 Å². The van der Waals surface area contributed by atoms with Crippen LogP contribution in [0.4, 0.5) is 11.5 Å². The van der Waals surface area contributed by atoms with Crippen molar-refractivity contribution < 1.29 is 23.8 Å². The third-order valence-corrected chi connectivity index (χ3v) is 7.25. The van der Waals surface area contributed by atoms with Crippen LogP contribution in [0.5, 0.6) is 11.5 Å². The lowest BCUT2D eigenvalue weighted by Gasteiger charge is -2.30. The Balaban J connectivity index is 1.47. The number of amides is 1. The van der Waals surface area contributed by atoms with E-state index < -0.39 is 0 Å². The maximum Gasteiger partial charge on any atom is 0.223 e. The second kappa shape index (κ2) is 12.6. The Labute approximate surface area is 232 Å². The van der Waals surface area contributed by atoms with Gasteiger partial charge in [0.1, 0.15) is 24.5 Å². The van der Waals surface area contributed by atoms with E-state index in [2.05, 4.69) is 20.2 Å². The number of carbonyl (C=O) groups excluding carboxylic acids is 2. The van der Waals surface area contributed by atoms with Gasteiger partial charge in [-0.2, -0.15) is 0 Å². The van der Waals surface area contributed by atoms with Crippen LogP contribution in [0.1, 0.15) is 18.4 Å². The van der Waals surface area contributed by atoms with Gasteiger partial charge in [-0.1, -0.05) is 17.7 Å². The molecule has 2 aromatic carbocycles. The van der Waals surface area contributed by atoms with Crippen molar-refractivity contribution in [2.45, 2.75) is 19.3 Å². The second-order valence-corrected chi connectivity index (χ2v) is 10.0. The summed E-state index contributed by atoms with van der Waals surface area (Å²) in [6.45, 7) is 5.01. The van der Waals surface area contributed by atoms with Crippen LogP contribution in [0.25, 0.3) is 10.9 Å². The maximum atomic E-state index is 13.2. The molecule has 5 rings (SSSR count). The molecule has 2 bridgehead atoms. The molecule has 1 saturated heterocycles. The van der Waals surface area contributed by atoms with Gasteiger partial charge in [0.15, 0.2) is 11.5 Å². The minimum Gasteiger partial charge on any atom is -0.493 e. The lowest BCUT2D eigenvalue weighted by Crippen LogP contribution is -2.44. The summed E-state index contributed by atoms with van der Waals surface area (Å²) in [5.74, 6) is 1.52. The topological polar surface area (TPSA) is 106 Å². The molecule has 0 unspecified atom stereocenters. The molecule has 1 amide bonds. The number of fused-ring (bicyclic) bond motifs is 2. The Kier molecular flexibility index (Phi) is 8.75. The number of hydrogen-bond acceptors (Lipinski definition) is 9. The van der Waals surface area contributed by atoms with Crippen LogP contribution >= 0.6 is 11.6 Å². The Hall–Kier alpha value is -3.47. The molecule has 1 aromatic heterocycles. The molecule has 0 saturated carbocycles. The highest BCUT2D eigenvalue weighted by molar-refractivity contribution is 6.31. The molecule has 0 aliphatic carbocycles. The van der Waals surface area contributed by atoms with Crippen molar-refractivity contribution in [1.29, 1.82) is 0 Å². The number of ketones is 1. The van der Waals surface area contributed by atoms with Gasteiger partial charge in [-0.15, -0.1) is 0 Å². The van der Waals surface area contributed by atoms with E-state index in [9.17, 15) is 9.59 Å². The summed E-state index contributed by atoms with van der Waals surface area (Å²) in [5.41, 5.74) is 2.10. The fourth-order valence-electron chi connectivity index (χ4n) is 4.80. The van der Waals surface area contributed by atoms with Crippen molar-refractivity contribution in [3.05, 3.63) is 47.2 Å². The van der Waals surface area contributed by atoms with Crippen LogP contribution in [0, 0.1) is 0 Å². The third kappa shape index (κ3) is 6.76. The summed E-state index contributed by atoms with van der Waals surface area (Å²) in [4.78, 5) is 39.1. The largest absolute Gasteiger partial charge is 0.493 e. The number of Topliss-reactive ketones (excluding diaryl/α,β-unsaturated/α-hetero) is 1. The molecule has 2 aliphatic heterocycles. The molecule has 0 spiro atoms. The lowest BCUT2D eigenvalue weighted by atomic mass is 10.0. The molecular weight excluding hydrogens is 522 g/mol. The molecule has 3 heterocycles. The van der Waals surface area contributed by atoms with Gasteiger partial charge in [0.05, 0.1) is 32.4 Å². The van der Waals surface area contributed by atoms with E-state index >= 15 is 0 Å². The van der Waals surface area contributed by atoms with Crippen LogP contribution < -0.4 is 14.8 Å². The van der Waals surface area contributed by atoms with E-state index in [1.54, 1.807) is 30.2 Å². The number of carbonyl (C=O) groups is 2. The summed E-state index contributed by atoms with van der Waals surface area (Å²) < 4.78 is 17.2. The van der Waals surface area contributed by atoms with E-state index in [1.807, 2.05) is 12.1 Å². The monoisotopic (exact) mass is 553 g/mol. The highest BCUT2D eigenvalue weighted by atomic mass is 35.5. The summed E-state index contributed by atoms with van der Waals surface area (Å²) in [5, 5.41) is 4.58. The second-order valence-electron chi connectivity index (χ2n) is 9.57. The van der Waals surface area contributed by atoms with Crippen LogP contribution in [-0.4, -0.2) is 91.1 Å². The van der Waals surface area contributed by atoms with Crippen molar-refractivity contribution in [3.8, 4) is 11.5 Å².